The molecule has 0 radical (unpaired) electrons. The Morgan fingerprint density at radius 3 is 2.81 bits per heavy atom. The Bertz CT molecular complexity index is 511. The molecule has 0 saturated heterocycles. The fourth-order valence-electron chi connectivity index (χ4n) is 1.85. The number of thiophene rings is 1. The van der Waals surface area contributed by atoms with Crippen LogP contribution in [0.5, 0.6) is 5.75 Å². The third kappa shape index (κ3) is 6.29. The van der Waals surface area contributed by atoms with E-state index in [-0.39, 0.29) is 0 Å². The van der Waals surface area contributed by atoms with E-state index in [4.69, 9.17) is 9.47 Å². The zero-order chi connectivity index (χ0) is 14.9. The van der Waals surface area contributed by atoms with E-state index in [0.29, 0.717) is 25.9 Å². The van der Waals surface area contributed by atoms with Gasteiger partial charge in [0.05, 0.1) is 13.2 Å². The molecule has 0 spiro atoms. The lowest BCUT2D eigenvalue weighted by Gasteiger charge is -2.10. The Balaban J connectivity index is 1.66. The third-order valence-corrected chi connectivity index (χ3v) is 3.78. The highest BCUT2D eigenvalue weighted by Gasteiger charge is 1.99. The average Bonchev–Trinajstić information content (AvgIpc) is 2.98. The van der Waals surface area contributed by atoms with Crippen LogP contribution in [0, 0.1) is 0 Å². The van der Waals surface area contributed by atoms with Crippen molar-refractivity contribution in [2.75, 3.05) is 13.2 Å². The number of hydrogen-bond donors (Lipinski definition) is 1. The lowest BCUT2D eigenvalue weighted by molar-refractivity contribution is 0.0905. The summed E-state index contributed by atoms with van der Waals surface area (Å²) in [5.74, 6) is 0.901. The van der Waals surface area contributed by atoms with Gasteiger partial charge in [-0.25, -0.2) is 0 Å². The highest BCUT2D eigenvalue weighted by atomic mass is 32.1. The molecule has 0 aliphatic carbocycles. The van der Waals surface area contributed by atoms with E-state index in [9.17, 15) is 0 Å². The second-order valence-electron chi connectivity index (χ2n) is 5.16. The zero-order valence-electron chi connectivity index (χ0n) is 12.7. The molecule has 0 bridgehead atoms. The summed E-state index contributed by atoms with van der Waals surface area (Å²) in [7, 11) is 0. The molecule has 1 heterocycles. The minimum absolute atomic E-state index is 0.486. The summed E-state index contributed by atoms with van der Waals surface area (Å²) >= 11 is 1.71. The highest BCUT2D eigenvalue weighted by molar-refractivity contribution is 7.09. The van der Waals surface area contributed by atoms with Gasteiger partial charge in [-0.1, -0.05) is 32.0 Å². The molecule has 0 saturated carbocycles. The molecule has 0 amide bonds. The molecule has 0 aliphatic rings. The minimum Gasteiger partial charge on any atom is -0.491 e. The van der Waals surface area contributed by atoms with Crippen LogP contribution < -0.4 is 10.1 Å². The summed E-state index contributed by atoms with van der Waals surface area (Å²) in [5, 5.41) is 5.46. The molecule has 4 heteroatoms. The molecule has 1 aromatic carbocycles. The molecule has 114 valence electrons. The summed E-state index contributed by atoms with van der Waals surface area (Å²) in [6.45, 7) is 7.00. The van der Waals surface area contributed by atoms with Crippen LogP contribution in [0.25, 0.3) is 0 Å². The summed E-state index contributed by atoms with van der Waals surface area (Å²) in [6.07, 6.45) is 0. The Hall–Kier alpha value is -1.36. The Labute approximate surface area is 130 Å². The van der Waals surface area contributed by atoms with Crippen molar-refractivity contribution in [2.24, 2.45) is 0 Å². The van der Waals surface area contributed by atoms with Crippen LogP contribution in [0.15, 0.2) is 41.8 Å². The standard InChI is InChI=1S/C17H23NO2S/c1-14(2)18-12-15-5-3-6-16(11-15)20-9-8-19-13-17-7-4-10-21-17/h3-7,10-11,14,18H,8-9,12-13H2,1-2H3. The van der Waals surface area contributed by atoms with Gasteiger partial charge in [-0.3, -0.25) is 0 Å². The van der Waals surface area contributed by atoms with Gasteiger partial charge in [-0.05, 0) is 29.1 Å². The zero-order valence-corrected chi connectivity index (χ0v) is 13.5. The maximum atomic E-state index is 5.72. The van der Waals surface area contributed by atoms with Crippen LogP contribution in [0.3, 0.4) is 0 Å². The van der Waals surface area contributed by atoms with Gasteiger partial charge >= 0.3 is 0 Å². The summed E-state index contributed by atoms with van der Waals surface area (Å²) in [5.41, 5.74) is 1.24. The maximum absolute atomic E-state index is 5.72. The summed E-state index contributed by atoms with van der Waals surface area (Å²) in [6, 6.07) is 12.8. The highest BCUT2D eigenvalue weighted by Crippen LogP contribution is 2.14. The fraction of sp³-hybridized carbons (Fsp3) is 0.412. The monoisotopic (exact) mass is 305 g/mol. The first kappa shape index (κ1) is 16.0. The van der Waals surface area contributed by atoms with Crippen LogP contribution in [-0.2, 0) is 17.9 Å². The van der Waals surface area contributed by atoms with Crippen molar-refractivity contribution in [3.63, 3.8) is 0 Å². The van der Waals surface area contributed by atoms with Gasteiger partial charge in [-0.2, -0.15) is 0 Å². The number of ether oxygens (including phenoxy) is 2. The molecule has 0 unspecified atom stereocenters. The predicted octanol–water partition coefficient (Wildman–Crippen LogP) is 3.84. The smallest absolute Gasteiger partial charge is 0.119 e. The van der Waals surface area contributed by atoms with Crippen LogP contribution in [0.1, 0.15) is 24.3 Å². The van der Waals surface area contributed by atoms with Crippen molar-refractivity contribution in [2.45, 2.75) is 33.0 Å². The van der Waals surface area contributed by atoms with Gasteiger partial charge in [0.15, 0.2) is 0 Å². The molecular weight excluding hydrogens is 282 g/mol. The summed E-state index contributed by atoms with van der Waals surface area (Å²) < 4.78 is 11.3. The third-order valence-electron chi connectivity index (χ3n) is 2.93. The average molecular weight is 305 g/mol. The first-order valence-corrected chi connectivity index (χ1v) is 8.17. The van der Waals surface area contributed by atoms with E-state index >= 15 is 0 Å². The molecule has 0 aliphatic heterocycles. The molecule has 0 fully saturated rings. The molecule has 1 N–H and O–H groups in total. The van der Waals surface area contributed by atoms with E-state index in [0.717, 1.165) is 12.3 Å². The van der Waals surface area contributed by atoms with Gasteiger partial charge in [0.1, 0.15) is 12.4 Å². The number of rotatable bonds is 9. The number of benzene rings is 1. The molecule has 1 aromatic heterocycles. The predicted molar refractivity (Wildman–Crippen MR) is 87.9 cm³/mol. The first-order chi connectivity index (χ1) is 10.2. The molecule has 2 rings (SSSR count). The quantitative estimate of drug-likeness (QED) is 0.714. The lowest BCUT2D eigenvalue weighted by Crippen LogP contribution is -2.21. The Morgan fingerprint density at radius 2 is 2.05 bits per heavy atom. The van der Waals surface area contributed by atoms with Crippen molar-refractivity contribution in [1.29, 1.82) is 0 Å². The van der Waals surface area contributed by atoms with Crippen molar-refractivity contribution in [1.82, 2.24) is 5.32 Å². The van der Waals surface area contributed by atoms with Gasteiger partial charge in [-0.15, -0.1) is 11.3 Å². The second-order valence-corrected chi connectivity index (χ2v) is 6.20. The van der Waals surface area contributed by atoms with E-state index in [2.05, 4.69) is 42.7 Å². The topological polar surface area (TPSA) is 30.5 Å². The van der Waals surface area contributed by atoms with E-state index in [1.54, 1.807) is 11.3 Å². The van der Waals surface area contributed by atoms with Crippen molar-refractivity contribution in [3.8, 4) is 5.75 Å². The van der Waals surface area contributed by atoms with Crippen LogP contribution in [0.4, 0.5) is 0 Å². The molecule has 2 aromatic rings. The summed E-state index contributed by atoms with van der Waals surface area (Å²) in [4.78, 5) is 1.25. The number of hydrogen-bond acceptors (Lipinski definition) is 4. The van der Waals surface area contributed by atoms with E-state index in [1.165, 1.54) is 10.4 Å². The van der Waals surface area contributed by atoms with E-state index < -0.39 is 0 Å². The minimum atomic E-state index is 0.486. The molecule has 21 heavy (non-hydrogen) atoms. The molecule has 0 atom stereocenters. The van der Waals surface area contributed by atoms with Crippen LogP contribution in [0.2, 0.25) is 0 Å². The molecule has 3 nitrogen and oxygen atoms in total. The van der Waals surface area contributed by atoms with Gasteiger partial charge in [0, 0.05) is 17.5 Å². The van der Waals surface area contributed by atoms with Crippen molar-refractivity contribution >= 4 is 11.3 Å². The van der Waals surface area contributed by atoms with Crippen LogP contribution in [-0.4, -0.2) is 19.3 Å². The molecular formula is C17H23NO2S. The van der Waals surface area contributed by atoms with Gasteiger partial charge < -0.3 is 14.8 Å². The van der Waals surface area contributed by atoms with Crippen LogP contribution >= 0.6 is 11.3 Å². The Kier molecular flexibility index (Phi) is 6.73. The number of nitrogens with one attached hydrogen (secondary N) is 1. The Morgan fingerprint density at radius 1 is 1.14 bits per heavy atom. The SMILES string of the molecule is CC(C)NCc1cccc(OCCOCc2cccs2)c1. The lowest BCUT2D eigenvalue weighted by atomic mass is 10.2. The largest absolute Gasteiger partial charge is 0.491 e. The first-order valence-electron chi connectivity index (χ1n) is 7.29. The second kappa shape index (κ2) is 8.82. The van der Waals surface area contributed by atoms with Crippen molar-refractivity contribution < 1.29 is 9.47 Å². The van der Waals surface area contributed by atoms with E-state index in [1.807, 2.05) is 18.2 Å². The fourth-order valence-corrected chi connectivity index (χ4v) is 2.49. The van der Waals surface area contributed by atoms with Gasteiger partial charge in [0.25, 0.3) is 0 Å². The maximum Gasteiger partial charge on any atom is 0.119 e. The van der Waals surface area contributed by atoms with Gasteiger partial charge in [0.2, 0.25) is 0 Å². The van der Waals surface area contributed by atoms with Crippen molar-refractivity contribution in [3.05, 3.63) is 52.2 Å². The normalized spacial score (nSPS) is 11.0.